The molecule has 1 heterocycles. The minimum absolute atomic E-state index is 0.0852. The molecular formula is C15H17Cl2N3O5. The lowest BCUT2D eigenvalue weighted by Crippen LogP contribution is -2.32. The van der Waals surface area contributed by atoms with Gasteiger partial charge in [0.2, 0.25) is 0 Å². The van der Waals surface area contributed by atoms with Crippen LogP contribution in [0.3, 0.4) is 0 Å². The van der Waals surface area contributed by atoms with E-state index in [0.717, 1.165) is 4.68 Å². The van der Waals surface area contributed by atoms with E-state index < -0.39 is 24.3 Å². The number of aliphatic hydroxyl groups is 3. The molecule has 0 fully saturated rings. The Labute approximate surface area is 153 Å². The fourth-order valence-electron chi connectivity index (χ4n) is 2.16. The summed E-state index contributed by atoms with van der Waals surface area (Å²) in [7, 11) is 0. The number of esters is 1. The molecule has 1 aromatic carbocycles. The van der Waals surface area contributed by atoms with Gasteiger partial charge in [0.25, 0.3) is 0 Å². The Kier molecular flexibility index (Phi) is 6.36. The third kappa shape index (κ3) is 4.10. The summed E-state index contributed by atoms with van der Waals surface area (Å²) in [6, 6.07) is 4.50. The van der Waals surface area contributed by atoms with E-state index in [1.807, 2.05) is 0 Å². The molecule has 0 bridgehead atoms. The summed E-state index contributed by atoms with van der Waals surface area (Å²) in [6.45, 7) is 2.99. The van der Waals surface area contributed by atoms with Gasteiger partial charge in [-0.2, -0.15) is 0 Å². The number of carbonyl (C=O) groups is 1. The van der Waals surface area contributed by atoms with Gasteiger partial charge in [-0.15, -0.1) is 5.10 Å². The fraction of sp³-hybridized carbons (Fsp3) is 0.400. The number of rotatable bonds is 6. The Morgan fingerprint density at radius 2 is 2.00 bits per heavy atom. The molecule has 8 nitrogen and oxygen atoms in total. The fourth-order valence-corrected chi connectivity index (χ4v) is 2.64. The molecular weight excluding hydrogens is 373 g/mol. The minimum Gasteiger partial charge on any atom is -0.461 e. The standard InChI is InChI=1S/C15H17Cl2N3O5/c1-3-25-15(24)11-12(14(23)13(22)7(2)21)20(19-18-11)10-5-4-8(16)6-9(10)17/h4-7,13-14,21-23H,3H2,1-2H3/t7-,13-,14-/m0/s1. The van der Waals surface area contributed by atoms with Crippen LogP contribution >= 0.6 is 23.2 Å². The number of carbonyl (C=O) groups excluding carboxylic acids is 1. The molecule has 0 amide bonds. The number of hydrogen-bond donors (Lipinski definition) is 3. The molecule has 0 aliphatic heterocycles. The van der Waals surface area contributed by atoms with E-state index in [1.54, 1.807) is 6.92 Å². The first-order chi connectivity index (χ1) is 11.8. The minimum atomic E-state index is -1.67. The average Bonchev–Trinajstić information content (AvgIpc) is 2.98. The van der Waals surface area contributed by atoms with Crippen molar-refractivity contribution in [2.45, 2.75) is 32.2 Å². The summed E-state index contributed by atoms with van der Waals surface area (Å²) in [5, 5.41) is 38.1. The maximum Gasteiger partial charge on any atom is 0.360 e. The highest BCUT2D eigenvalue weighted by molar-refractivity contribution is 6.35. The molecule has 1 aromatic heterocycles. The van der Waals surface area contributed by atoms with Crippen LogP contribution in [0.1, 0.15) is 36.1 Å². The Balaban J connectivity index is 2.62. The van der Waals surface area contributed by atoms with Crippen LogP contribution < -0.4 is 0 Å². The summed E-state index contributed by atoms with van der Waals surface area (Å²) in [4.78, 5) is 12.1. The Bertz CT molecular complexity index is 766. The van der Waals surface area contributed by atoms with E-state index in [2.05, 4.69) is 10.3 Å². The summed E-state index contributed by atoms with van der Waals surface area (Å²) in [5.41, 5.74) is -0.169. The molecule has 0 saturated carbocycles. The number of nitrogens with zero attached hydrogens (tertiary/aromatic N) is 3. The van der Waals surface area contributed by atoms with Crippen molar-refractivity contribution in [3.05, 3.63) is 39.6 Å². The Morgan fingerprint density at radius 1 is 1.32 bits per heavy atom. The van der Waals surface area contributed by atoms with Gasteiger partial charge in [-0.1, -0.05) is 28.4 Å². The normalized spacial score (nSPS) is 14.8. The second-order valence-electron chi connectivity index (χ2n) is 5.23. The van der Waals surface area contributed by atoms with Gasteiger partial charge in [-0.05, 0) is 32.0 Å². The van der Waals surface area contributed by atoms with Crippen molar-refractivity contribution in [3.63, 3.8) is 0 Å². The van der Waals surface area contributed by atoms with Crippen LogP contribution in [0.15, 0.2) is 18.2 Å². The number of hydrogen-bond acceptors (Lipinski definition) is 7. The molecule has 3 atom stereocenters. The molecule has 0 unspecified atom stereocenters. The first-order valence-electron chi connectivity index (χ1n) is 7.40. The molecule has 2 aromatic rings. The van der Waals surface area contributed by atoms with Gasteiger partial charge in [0.15, 0.2) is 5.69 Å². The van der Waals surface area contributed by atoms with E-state index in [4.69, 9.17) is 27.9 Å². The summed E-state index contributed by atoms with van der Waals surface area (Å²) in [6.07, 6.45) is -4.52. The zero-order chi connectivity index (χ0) is 18.7. The van der Waals surface area contributed by atoms with Gasteiger partial charge in [0, 0.05) is 5.02 Å². The zero-order valence-electron chi connectivity index (χ0n) is 13.4. The van der Waals surface area contributed by atoms with Crippen LogP contribution in [0.4, 0.5) is 0 Å². The molecule has 25 heavy (non-hydrogen) atoms. The topological polar surface area (TPSA) is 118 Å². The third-order valence-corrected chi connectivity index (χ3v) is 3.95. The van der Waals surface area contributed by atoms with Crippen LogP contribution in [-0.4, -0.2) is 55.1 Å². The lowest BCUT2D eigenvalue weighted by Gasteiger charge is -2.21. The van der Waals surface area contributed by atoms with Crippen molar-refractivity contribution < 1.29 is 24.9 Å². The second-order valence-corrected chi connectivity index (χ2v) is 6.07. The van der Waals surface area contributed by atoms with Crippen molar-refractivity contribution in [2.75, 3.05) is 6.61 Å². The molecule has 0 saturated heterocycles. The molecule has 136 valence electrons. The molecule has 0 radical (unpaired) electrons. The monoisotopic (exact) mass is 389 g/mol. The van der Waals surface area contributed by atoms with E-state index in [9.17, 15) is 20.1 Å². The first kappa shape index (κ1) is 19.6. The van der Waals surface area contributed by atoms with E-state index in [0.29, 0.717) is 5.02 Å². The van der Waals surface area contributed by atoms with Crippen molar-refractivity contribution in [3.8, 4) is 5.69 Å². The SMILES string of the molecule is CCOC(=O)c1nnn(-c2ccc(Cl)cc2Cl)c1[C@H](O)[C@@H](O)[C@H](C)O. The van der Waals surface area contributed by atoms with E-state index in [-0.39, 0.29) is 28.7 Å². The van der Waals surface area contributed by atoms with Crippen LogP contribution in [0.2, 0.25) is 10.0 Å². The van der Waals surface area contributed by atoms with Crippen LogP contribution in [-0.2, 0) is 4.74 Å². The van der Waals surface area contributed by atoms with Gasteiger partial charge >= 0.3 is 5.97 Å². The highest BCUT2D eigenvalue weighted by Gasteiger charge is 2.33. The maximum absolute atomic E-state index is 12.1. The summed E-state index contributed by atoms with van der Waals surface area (Å²) in [5.74, 6) is -0.828. The number of halogens is 2. The van der Waals surface area contributed by atoms with Crippen molar-refractivity contribution in [1.82, 2.24) is 15.0 Å². The molecule has 3 N–H and O–H groups in total. The molecule has 10 heteroatoms. The largest absolute Gasteiger partial charge is 0.461 e. The summed E-state index contributed by atoms with van der Waals surface area (Å²) < 4.78 is 5.99. The zero-order valence-corrected chi connectivity index (χ0v) is 14.9. The number of benzene rings is 1. The van der Waals surface area contributed by atoms with Crippen LogP contribution in [0.5, 0.6) is 0 Å². The number of aromatic nitrogens is 3. The van der Waals surface area contributed by atoms with Gasteiger partial charge in [-0.25, -0.2) is 9.48 Å². The lowest BCUT2D eigenvalue weighted by molar-refractivity contribution is -0.0560. The van der Waals surface area contributed by atoms with Crippen molar-refractivity contribution in [2.24, 2.45) is 0 Å². The van der Waals surface area contributed by atoms with Gasteiger partial charge < -0.3 is 20.1 Å². The van der Waals surface area contributed by atoms with Crippen molar-refractivity contribution in [1.29, 1.82) is 0 Å². The predicted octanol–water partition coefficient (Wildman–Crippen LogP) is 1.53. The predicted molar refractivity (Wildman–Crippen MR) is 90.0 cm³/mol. The second kappa shape index (κ2) is 8.11. The average molecular weight is 390 g/mol. The molecule has 0 aliphatic rings. The maximum atomic E-state index is 12.1. The summed E-state index contributed by atoms with van der Waals surface area (Å²) >= 11 is 12.0. The van der Waals surface area contributed by atoms with Gasteiger partial charge in [0.05, 0.1) is 23.4 Å². The van der Waals surface area contributed by atoms with E-state index in [1.165, 1.54) is 25.1 Å². The van der Waals surface area contributed by atoms with E-state index >= 15 is 0 Å². The number of aliphatic hydroxyl groups excluding tert-OH is 3. The van der Waals surface area contributed by atoms with Gasteiger partial charge in [-0.3, -0.25) is 0 Å². The third-order valence-electron chi connectivity index (χ3n) is 3.41. The van der Waals surface area contributed by atoms with Gasteiger partial charge in [0.1, 0.15) is 17.9 Å². The molecule has 0 aliphatic carbocycles. The lowest BCUT2D eigenvalue weighted by atomic mass is 10.0. The van der Waals surface area contributed by atoms with Crippen LogP contribution in [0.25, 0.3) is 5.69 Å². The van der Waals surface area contributed by atoms with Crippen molar-refractivity contribution >= 4 is 29.2 Å². The smallest absolute Gasteiger partial charge is 0.360 e. The molecule has 2 rings (SSSR count). The van der Waals surface area contributed by atoms with Crippen LogP contribution in [0, 0.1) is 0 Å². The molecule has 0 spiro atoms. The highest BCUT2D eigenvalue weighted by Crippen LogP contribution is 2.29. The highest BCUT2D eigenvalue weighted by atomic mass is 35.5. The first-order valence-corrected chi connectivity index (χ1v) is 8.15. The quantitative estimate of drug-likeness (QED) is 0.640. The number of ether oxygens (including phenoxy) is 1. The Morgan fingerprint density at radius 3 is 2.56 bits per heavy atom. The Hall–Kier alpha value is -1.71.